The number of nitriles is 1. The molecule has 6 heteroatoms. The number of aryl methyl sites for hydroxylation is 1. The van der Waals surface area contributed by atoms with Crippen LogP contribution >= 0.6 is 0 Å². The molecule has 0 saturated heterocycles. The summed E-state index contributed by atoms with van der Waals surface area (Å²) in [7, 11) is -3.54. The molecule has 0 heterocycles. The van der Waals surface area contributed by atoms with Gasteiger partial charge < -0.3 is 4.74 Å². The van der Waals surface area contributed by atoms with Crippen molar-refractivity contribution in [3.05, 3.63) is 35.4 Å². The molecule has 1 saturated carbocycles. The maximum Gasteiger partial charge on any atom is 0.328 e. The summed E-state index contributed by atoms with van der Waals surface area (Å²) in [6.07, 6.45) is 1.05. The van der Waals surface area contributed by atoms with Crippen molar-refractivity contribution < 1.29 is 17.9 Å². The summed E-state index contributed by atoms with van der Waals surface area (Å²) in [4.78, 5) is 12.2. The van der Waals surface area contributed by atoms with Gasteiger partial charge in [0.25, 0.3) is 0 Å². The van der Waals surface area contributed by atoms with Crippen molar-refractivity contribution in [2.24, 2.45) is 5.41 Å². The smallest absolute Gasteiger partial charge is 0.328 e. The summed E-state index contributed by atoms with van der Waals surface area (Å²) in [6, 6.07) is 9.09. The molecule has 1 fully saturated rings. The Kier molecular flexibility index (Phi) is 3.81. The molecule has 0 aromatic heterocycles. The fraction of sp³-hybridized carbons (Fsp3) is 0.467. The Morgan fingerprint density at radius 2 is 1.95 bits per heavy atom. The third-order valence-corrected chi connectivity index (χ3v) is 5.40. The SMILES string of the molecule is CCOC(=O)[C@@]1(C#N)[C@@H](c2ccc(C)cc2)[C@@H]1S(C)(=O)=O. The first-order chi connectivity index (χ1) is 9.79. The van der Waals surface area contributed by atoms with Crippen LogP contribution in [0.1, 0.15) is 24.0 Å². The van der Waals surface area contributed by atoms with Crippen molar-refractivity contribution in [2.45, 2.75) is 25.0 Å². The summed E-state index contributed by atoms with van der Waals surface area (Å²) in [6.45, 7) is 3.65. The number of ether oxygens (including phenoxy) is 1. The van der Waals surface area contributed by atoms with Crippen LogP contribution in [0.5, 0.6) is 0 Å². The van der Waals surface area contributed by atoms with Gasteiger partial charge in [-0.25, -0.2) is 8.42 Å². The Morgan fingerprint density at radius 1 is 1.38 bits per heavy atom. The molecule has 1 aromatic rings. The van der Waals surface area contributed by atoms with Crippen LogP contribution in [0.3, 0.4) is 0 Å². The monoisotopic (exact) mass is 307 g/mol. The highest BCUT2D eigenvalue weighted by Gasteiger charge is 2.76. The number of benzene rings is 1. The predicted octanol–water partition coefficient (Wildman–Crippen LogP) is 1.58. The first-order valence-electron chi connectivity index (χ1n) is 6.63. The Morgan fingerprint density at radius 3 is 2.38 bits per heavy atom. The Bertz CT molecular complexity index is 702. The van der Waals surface area contributed by atoms with E-state index in [1.54, 1.807) is 19.1 Å². The summed E-state index contributed by atoms with van der Waals surface area (Å²) in [5, 5.41) is 8.41. The zero-order chi connectivity index (χ0) is 15.8. The minimum absolute atomic E-state index is 0.110. The highest BCUT2D eigenvalue weighted by Crippen LogP contribution is 2.63. The predicted molar refractivity (Wildman–Crippen MR) is 77.2 cm³/mol. The van der Waals surface area contributed by atoms with E-state index in [9.17, 15) is 18.5 Å². The third-order valence-electron chi connectivity index (χ3n) is 3.83. The second kappa shape index (κ2) is 5.15. The molecule has 112 valence electrons. The summed E-state index contributed by atoms with van der Waals surface area (Å²) in [5.74, 6) is -1.43. The van der Waals surface area contributed by atoms with Gasteiger partial charge in [-0.05, 0) is 19.4 Å². The third kappa shape index (κ3) is 2.42. The van der Waals surface area contributed by atoms with Crippen LogP contribution in [-0.2, 0) is 19.4 Å². The molecule has 0 N–H and O–H groups in total. The molecule has 1 aliphatic carbocycles. The average molecular weight is 307 g/mol. The zero-order valence-corrected chi connectivity index (χ0v) is 13.0. The lowest BCUT2D eigenvalue weighted by Crippen LogP contribution is -2.24. The van der Waals surface area contributed by atoms with E-state index < -0.39 is 32.4 Å². The van der Waals surface area contributed by atoms with Crippen molar-refractivity contribution in [1.29, 1.82) is 5.26 Å². The number of sulfone groups is 1. The van der Waals surface area contributed by atoms with Gasteiger partial charge >= 0.3 is 5.97 Å². The summed E-state index contributed by atoms with van der Waals surface area (Å²) >= 11 is 0. The lowest BCUT2D eigenvalue weighted by Gasteiger charge is -2.08. The summed E-state index contributed by atoms with van der Waals surface area (Å²) < 4.78 is 28.9. The quantitative estimate of drug-likeness (QED) is 0.788. The lowest BCUT2D eigenvalue weighted by atomic mass is 10.00. The van der Waals surface area contributed by atoms with E-state index in [1.165, 1.54) is 0 Å². The van der Waals surface area contributed by atoms with Gasteiger partial charge in [-0.3, -0.25) is 4.79 Å². The zero-order valence-electron chi connectivity index (χ0n) is 12.2. The molecule has 0 amide bonds. The molecular formula is C15H17NO4S. The van der Waals surface area contributed by atoms with E-state index in [1.807, 2.05) is 25.1 Å². The Hall–Kier alpha value is -1.87. The molecule has 0 radical (unpaired) electrons. The van der Waals surface area contributed by atoms with Crippen LogP contribution in [0.25, 0.3) is 0 Å². The Labute approximate surface area is 124 Å². The van der Waals surface area contributed by atoms with Gasteiger partial charge in [0.2, 0.25) is 0 Å². The van der Waals surface area contributed by atoms with Gasteiger partial charge in [0, 0.05) is 12.2 Å². The van der Waals surface area contributed by atoms with Crippen LogP contribution in [0.2, 0.25) is 0 Å². The van der Waals surface area contributed by atoms with Crippen LogP contribution in [0, 0.1) is 23.7 Å². The fourth-order valence-corrected chi connectivity index (χ4v) is 4.58. The first-order valence-corrected chi connectivity index (χ1v) is 8.58. The van der Waals surface area contributed by atoms with Gasteiger partial charge in [0.15, 0.2) is 15.3 Å². The molecule has 0 aliphatic heterocycles. The number of rotatable bonds is 4. The van der Waals surface area contributed by atoms with E-state index in [0.29, 0.717) is 5.56 Å². The van der Waals surface area contributed by atoms with Gasteiger partial charge in [0.05, 0.1) is 12.7 Å². The number of nitrogens with zero attached hydrogens (tertiary/aromatic N) is 1. The van der Waals surface area contributed by atoms with Gasteiger partial charge in [-0.15, -0.1) is 0 Å². The van der Waals surface area contributed by atoms with Gasteiger partial charge in [-0.2, -0.15) is 5.26 Å². The molecular weight excluding hydrogens is 290 g/mol. The largest absolute Gasteiger partial charge is 0.465 e. The van der Waals surface area contributed by atoms with E-state index in [2.05, 4.69) is 0 Å². The molecule has 2 rings (SSSR count). The van der Waals surface area contributed by atoms with E-state index >= 15 is 0 Å². The van der Waals surface area contributed by atoms with Crippen molar-refractivity contribution >= 4 is 15.8 Å². The van der Waals surface area contributed by atoms with Gasteiger partial charge in [-0.1, -0.05) is 29.8 Å². The van der Waals surface area contributed by atoms with Gasteiger partial charge in [0.1, 0.15) is 5.25 Å². The number of carbonyl (C=O) groups is 1. The lowest BCUT2D eigenvalue weighted by molar-refractivity contribution is -0.147. The second-order valence-electron chi connectivity index (χ2n) is 5.34. The number of hydrogen-bond donors (Lipinski definition) is 0. The van der Waals surface area contributed by atoms with E-state index in [-0.39, 0.29) is 6.61 Å². The molecule has 3 atom stereocenters. The van der Waals surface area contributed by atoms with E-state index in [4.69, 9.17) is 4.74 Å². The highest BCUT2D eigenvalue weighted by molar-refractivity contribution is 7.91. The minimum atomic E-state index is -3.54. The van der Waals surface area contributed by atoms with Crippen molar-refractivity contribution in [1.82, 2.24) is 0 Å². The van der Waals surface area contributed by atoms with Crippen LogP contribution in [0.4, 0.5) is 0 Å². The van der Waals surface area contributed by atoms with Crippen molar-refractivity contribution in [3.8, 4) is 6.07 Å². The molecule has 5 nitrogen and oxygen atoms in total. The van der Waals surface area contributed by atoms with E-state index in [0.717, 1.165) is 11.8 Å². The highest BCUT2D eigenvalue weighted by atomic mass is 32.2. The topological polar surface area (TPSA) is 84.2 Å². The fourth-order valence-electron chi connectivity index (χ4n) is 2.82. The molecule has 21 heavy (non-hydrogen) atoms. The standard InChI is InChI=1S/C15H17NO4S/c1-4-20-14(17)15(9-16)12(13(15)21(3,18)19)11-7-5-10(2)6-8-11/h5-8,12-13H,4H2,1-3H3/t12-,13-,15-/m0/s1. The number of esters is 1. The molecule has 0 bridgehead atoms. The average Bonchev–Trinajstić information content (AvgIpc) is 3.10. The molecule has 0 unspecified atom stereocenters. The maximum atomic E-state index is 12.2. The Balaban J connectivity index is 2.50. The molecule has 1 aromatic carbocycles. The molecule has 0 spiro atoms. The van der Waals surface area contributed by atoms with Crippen LogP contribution in [-0.4, -0.2) is 32.5 Å². The second-order valence-corrected chi connectivity index (χ2v) is 7.51. The van der Waals surface area contributed by atoms with Crippen LogP contribution in [0.15, 0.2) is 24.3 Å². The first kappa shape index (κ1) is 15.5. The summed E-state index contributed by atoms with van der Waals surface area (Å²) in [5.41, 5.74) is 0.0680. The van der Waals surface area contributed by atoms with Crippen molar-refractivity contribution in [2.75, 3.05) is 12.9 Å². The minimum Gasteiger partial charge on any atom is -0.465 e. The van der Waals surface area contributed by atoms with Crippen molar-refractivity contribution in [3.63, 3.8) is 0 Å². The number of carbonyl (C=O) groups excluding carboxylic acids is 1. The normalized spacial score (nSPS) is 27.7. The number of hydrogen-bond acceptors (Lipinski definition) is 5. The maximum absolute atomic E-state index is 12.2. The molecule has 1 aliphatic rings. The van der Waals surface area contributed by atoms with Crippen LogP contribution < -0.4 is 0 Å².